The van der Waals surface area contributed by atoms with Crippen molar-refractivity contribution >= 4 is 46.4 Å². The van der Waals surface area contributed by atoms with Crippen LogP contribution >= 0.6 is 23.2 Å². The van der Waals surface area contributed by atoms with Crippen molar-refractivity contribution in [2.45, 2.75) is 13.8 Å². The van der Waals surface area contributed by atoms with Crippen LogP contribution in [-0.4, -0.2) is 25.5 Å². The molecule has 7 heteroatoms. The van der Waals surface area contributed by atoms with Gasteiger partial charge in [0.1, 0.15) is 12.3 Å². The van der Waals surface area contributed by atoms with Gasteiger partial charge in [-0.05, 0) is 42.8 Å². The van der Waals surface area contributed by atoms with E-state index in [9.17, 15) is 9.59 Å². The van der Waals surface area contributed by atoms with Gasteiger partial charge in [-0.1, -0.05) is 29.3 Å². The smallest absolute Gasteiger partial charge is 0.244 e. The molecule has 0 aliphatic rings. The Morgan fingerprint density at radius 1 is 1.16 bits per heavy atom. The van der Waals surface area contributed by atoms with Crippen LogP contribution < -0.4 is 15.0 Å². The number of rotatable bonds is 5. The molecule has 2 aromatic rings. The van der Waals surface area contributed by atoms with Crippen LogP contribution in [0.5, 0.6) is 5.75 Å². The van der Waals surface area contributed by atoms with Crippen molar-refractivity contribution in [2.24, 2.45) is 0 Å². The summed E-state index contributed by atoms with van der Waals surface area (Å²) < 4.78 is 5.20. The summed E-state index contributed by atoms with van der Waals surface area (Å²) in [6.07, 6.45) is 0. The van der Waals surface area contributed by atoms with Gasteiger partial charge < -0.3 is 15.0 Å². The summed E-state index contributed by atoms with van der Waals surface area (Å²) in [6, 6.07) is 10.1. The first-order valence-corrected chi connectivity index (χ1v) is 8.25. The number of nitrogens with zero attached hydrogens (tertiary/aromatic N) is 1. The van der Waals surface area contributed by atoms with Crippen LogP contribution in [0.3, 0.4) is 0 Å². The molecule has 0 heterocycles. The van der Waals surface area contributed by atoms with E-state index in [4.69, 9.17) is 27.9 Å². The largest absolute Gasteiger partial charge is 0.495 e. The molecule has 2 aromatic carbocycles. The fourth-order valence-electron chi connectivity index (χ4n) is 2.25. The van der Waals surface area contributed by atoms with Crippen molar-refractivity contribution in [1.82, 2.24) is 0 Å². The Bertz CT molecular complexity index is 809. The number of halogens is 2. The topological polar surface area (TPSA) is 58.6 Å². The summed E-state index contributed by atoms with van der Waals surface area (Å²) in [5.74, 6) is -0.175. The molecule has 0 saturated carbocycles. The molecule has 0 fully saturated rings. The average Bonchev–Trinajstić information content (AvgIpc) is 2.55. The molecule has 0 atom stereocenters. The highest BCUT2D eigenvalue weighted by Gasteiger charge is 2.18. The number of anilines is 2. The third-order valence-electron chi connectivity index (χ3n) is 3.58. The van der Waals surface area contributed by atoms with Crippen LogP contribution in [0.4, 0.5) is 11.4 Å². The number of ether oxygens (including phenoxy) is 1. The minimum atomic E-state index is -0.382. The molecule has 0 aliphatic carbocycles. The Hall–Kier alpha value is -2.24. The number of aryl methyl sites for hydroxylation is 1. The van der Waals surface area contributed by atoms with Gasteiger partial charge in [-0.25, -0.2) is 0 Å². The van der Waals surface area contributed by atoms with Crippen LogP contribution in [0.15, 0.2) is 36.4 Å². The molecule has 0 bridgehead atoms. The fraction of sp³-hybridized carbons (Fsp3) is 0.222. The van der Waals surface area contributed by atoms with Gasteiger partial charge in [-0.15, -0.1) is 0 Å². The van der Waals surface area contributed by atoms with E-state index in [1.165, 1.54) is 18.9 Å². The normalized spacial score (nSPS) is 10.3. The number of methoxy groups -OCH3 is 1. The predicted octanol–water partition coefficient (Wildman–Crippen LogP) is 4.30. The zero-order chi connectivity index (χ0) is 18.6. The second-order valence-electron chi connectivity index (χ2n) is 5.43. The molecule has 2 rings (SSSR count). The zero-order valence-corrected chi connectivity index (χ0v) is 15.6. The van der Waals surface area contributed by atoms with Crippen LogP contribution in [0.2, 0.25) is 10.0 Å². The predicted molar refractivity (Wildman–Crippen MR) is 101 cm³/mol. The summed E-state index contributed by atoms with van der Waals surface area (Å²) in [5, 5.41) is 3.70. The van der Waals surface area contributed by atoms with Gasteiger partial charge in [0, 0.05) is 22.7 Å². The molecular weight excluding hydrogens is 363 g/mol. The molecule has 0 aromatic heterocycles. The maximum absolute atomic E-state index is 12.4. The van der Waals surface area contributed by atoms with Crippen molar-refractivity contribution < 1.29 is 14.3 Å². The second-order valence-corrected chi connectivity index (χ2v) is 6.28. The number of nitrogens with one attached hydrogen (secondary N) is 1. The van der Waals surface area contributed by atoms with E-state index in [0.717, 1.165) is 5.56 Å². The Morgan fingerprint density at radius 3 is 2.48 bits per heavy atom. The van der Waals surface area contributed by atoms with E-state index in [1.54, 1.807) is 36.4 Å². The van der Waals surface area contributed by atoms with Gasteiger partial charge in [-0.3, -0.25) is 9.59 Å². The van der Waals surface area contributed by atoms with E-state index in [2.05, 4.69) is 5.32 Å². The van der Waals surface area contributed by atoms with E-state index in [0.29, 0.717) is 27.2 Å². The summed E-state index contributed by atoms with van der Waals surface area (Å²) in [5.41, 5.74) is 1.88. The molecule has 0 aliphatic heterocycles. The minimum Gasteiger partial charge on any atom is -0.495 e. The van der Waals surface area contributed by atoms with Gasteiger partial charge in [0.2, 0.25) is 11.8 Å². The molecule has 0 radical (unpaired) electrons. The molecule has 0 unspecified atom stereocenters. The Labute approximate surface area is 156 Å². The second kappa shape index (κ2) is 8.23. The standard InChI is InChI=1S/C18H18Cl2N2O3/c1-11-4-6-14(9-15(11)20)22(12(2)23)10-18(24)21-16-8-13(19)5-7-17(16)25-3/h4-9H,10H2,1-3H3,(H,21,24). The maximum Gasteiger partial charge on any atom is 0.244 e. The highest BCUT2D eigenvalue weighted by Crippen LogP contribution is 2.28. The third-order valence-corrected chi connectivity index (χ3v) is 4.23. The van der Waals surface area contributed by atoms with Crippen LogP contribution in [0.25, 0.3) is 0 Å². The Kier molecular flexibility index (Phi) is 6.28. The van der Waals surface area contributed by atoms with Crippen molar-refractivity contribution in [3.05, 3.63) is 52.0 Å². The zero-order valence-electron chi connectivity index (χ0n) is 14.1. The Morgan fingerprint density at radius 2 is 1.88 bits per heavy atom. The first-order valence-electron chi connectivity index (χ1n) is 7.49. The van der Waals surface area contributed by atoms with Gasteiger partial charge in [0.25, 0.3) is 0 Å². The number of carbonyl (C=O) groups is 2. The third kappa shape index (κ3) is 4.87. The van der Waals surface area contributed by atoms with E-state index in [-0.39, 0.29) is 18.4 Å². The lowest BCUT2D eigenvalue weighted by Crippen LogP contribution is -2.36. The van der Waals surface area contributed by atoms with E-state index < -0.39 is 0 Å². The first kappa shape index (κ1) is 19.1. The number of amides is 2. The molecule has 1 N–H and O–H groups in total. The number of hydrogen-bond acceptors (Lipinski definition) is 3. The minimum absolute atomic E-state index is 0.162. The van der Waals surface area contributed by atoms with Gasteiger partial charge in [-0.2, -0.15) is 0 Å². The Balaban J connectivity index is 2.20. The first-order chi connectivity index (χ1) is 11.8. The highest BCUT2D eigenvalue weighted by molar-refractivity contribution is 6.31. The van der Waals surface area contributed by atoms with Crippen LogP contribution in [-0.2, 0) is 9.59 Å². The highest BCUT2D eigenvalue weighted by atomic mass is 35.5. The number of carbonyl (C=O) groups excluding carboxylic acids is 2. The van der Waals surface area contributed by atoms with Crippen molar-refractivity contribution in [3.63, 3.8) is 0 Å². The molecule has 25 heavy (non-hydrogen) atoms. The van der Waals surface area contributed by atoms with Gasteiger partial charge >= 0.3 is 0 Å². The van der Waals surface area contributed by atoms with Crippen molar-refractivity contribution in [3.8, 4) is 5.75 Å². The maximum atomic E-state index is 12.4. The van der Waals surface area contributed by atoms with Gasteiger partial charge in [0.05, 0.1) is 12.8 Å². The molecule has 2 amide bonds. The summed E-state index contributed by atoms with van der Waals surface area (Å²) in [6.45, 7) is 3.09. The molecule has 132 valence electrons. The lowest BCUT2D eigenvalue weighted by atomic mass is 10.2. The molecule has 0 saturated heterocycles. The summed E-state index contributed by atoms with van der Waals surface area (Å²) >= 11 is 12.1. The molecule has 5 nitrogen and oxygen atoms in total. The van der Waals surface area contributed by atoms with Crippen molar-refractivity contribution in [2.75, 3.05) is 23.9 Å². The quantitative estimate of drug-likeness (QED) is 0.840. The summed E-state index contributed by atoms with van der Waals surface area (Å²) in [4.78, 5) is 25.7. The lowest BCUT2D eigenvalue weighted by Gasteiger charge is -2.21. The number of benzene rings is 2. The number of hydrogen-bond donors (Lipinski definition) is 1. The SMILES string of the molecule is COc1ccc(Cl)cc1NC(=O)CN(C(C)=O)c1ccc(C)c(Cl)c1. The van der Waals surface area contributed by atoms with Crippen molar-refractivity contribution in [1.29, 1.82) is 0 Å². The average molecular weight is 381 g/mol. The molecular formula is C18H18Cl2N2O3. The summed E-state index contributed by atoms with van der Waals surface area (Å²) in [7, 11) is 1.50. The van der Waals surface area contributed by atoms with E-state index in [1.807, 2.05) is 6.92 Å². The van der Waals surface area contributed by atoms with Crippen LogP contribution in [0, 0.1) is 6.92 Å². The molecule has 0 spiro atoms. The monoisotopic (exact) mass is 380 g/mol. The van der Waals surface area contributed by atoms with Gasteiger partial charge in [0.15, 0.2) is 0 Å². The van der Waals surface area contributed by atoms with E-state index >= 15 is 0 Å². The lowest BCUT2D eigenvalue weighted by molar-refractivity contribution is -0.120. The fourth-order valence-corrected chi connectivity index (χ4v) is 2.59. The van der Waals surface area contributed by atoms with Crippen LogP contribution in [0.1, 0.15) is 12.5 Å².